The van der Waals surface area contributed by atoms with Crippen LogP contribution in [-0.4, -0.2) is 30.6 Å². The predicted octanol–water partition coefficient (Wildman–Crippen LogP) is 3.38. The molecule has 0 aliphatic heterocycles. The fourth-order valence-electron chi connectivity index (χ4n) is 1.89. The van der Waals surface area contributed by atoms with Crippen LogP contribution in [0.15, 0.2) is 60.7 Å². The van der Waals surface area contributed by atoms with Gasteiger partial charge in [-0.15, -0.1) is 11.6 Å². The van der Waals surface area contributed by atoms with Crippen molar-refractivity contribution in [1.82, 2.24) is 5.32 Å². The number of amides is 1. The smallest absolute Gasteiger partial charge is 0.407 e. The lowest BCUT2D eigenvalue weighted by atomic mass is 10.2. The van der Waals surface area contributed by atoms with Crippen LogP contribution >= 0.6 is 11.6 Å². The van der Waals surface area contributed by atoms with Gasteiger partial charge in [0.05, 0.1) is 18.0 Å². The van der Waals surface area contributed by atoms with Crippen LogP contribution in [0.5, 0.6) is 0 Å². The molecule has 1 amide bonds. The molecule has 1 atom stereocenters. The number of benzene rings is 2. The van der Waals surface area contributed by atoms with Crippen LogP contribution in [0.25, 0.3) is 0 Å². The van der Waals surface area contributed by atoms with Gasteiger partial charge in [0.15, 0.2) is 0 Å². The van der Waals surface area contributed by atoms with Crippen molar-refractivity contribution in [1.29, 1.82) is 0 Å². The van der Waals surface area contributed by atoms with E-state index in [0.29, 0.717) is 5.56 Å². The van der Waals surface area contributed by atoms with Crippen molar-refractivity contribution < 1.29 is 19.1 Å². The molecule has 0 bridgehead atoms. The van der Waals surface area contributed by atoms with Crippen molar-refractivity contribution in [3.8, 4) is 0 Å². The first-order valence-electron chi connectivity index (χ1n) is 7.45. The minimum atomic E-state index is -0.636. The van der Waals surface area contributed by atoms with E-state index < -0.39 is 18.2 Å². The maximum atomic E-state index is 11.9. The zero-order valence-corrected chi connectivity index (χ0v) is 13.7. The van der Waals surface area contributed by atoms with Crippen LogP contribution in [0.1, 0.15) is 15.9 Å². The summed E-state index contributed by atoms with van der Waals surface area (Å²) >= 11 is 5.79. The second-order valence-electron chi connectivity index (χ2n) is 4.99. The summed E-state index contributed by atoms with van der Waals surface area (Å²) in [7, 11) is 0. The van der Waals surface area contributed by atoms with E-state index in [0.717, 1.165) is 5.56 Å². The summed E-state index contributed by atoms with van der Waals surface area (Å²) in [6, 6.07) is 17.9. The average Bonchev–Trinajstić information content (AvgIpc) is 2.64. The first-order chi connectivity index (χ1) is 11.7. The number of alkyl carbamates (subject to hydrolysis) is 1. The van der Waals surface area contributed by atoms with Gasteiger partial charge in [0.1, 0.15) is 12.7 Å². The van der Waals surface area contributed by atoms with Gasteiger partial charge in [0, 0.05) is 0 Å². The SMILES string of the molecule is O=C(NCC(CCl)OC(=O)c1ccccc1)OCc1ccccc1. The lowest BCUT2D eigenvalue weighted by Gasteiger charge is -2.16. The molecule has 2 aromatic rings. The number of halogens is 1. The molecule has 0 saturated heterocycles. The fraction of sp³-hybridized carbons (Fsp3) is 0.222. The van der Waals surface area contributed by atoms with Crippen LogP contribution in [-0.2, 0) is 16.1 Å². The molecule has 5 nitrogen and oxygen atoms in total. The first-order valence-corrected chi connectivity index (χ1v) is 7.99. The average molecular weight is 348 g/mol. The highest BCUT2D eigenvalue weighted by Crippen LogP contribution is 2.05. The number of carbonyl (C=O) groups excluding carboxylic acids is 2. The Morgan fingerprint density at radius 1 is 1.00 bits per heavy atom. The Bertz CT molecular complexity index is 649. The van der Waals surface area contributed by atoms with Crippen LogP contribution in [0.2, 0.25) is 0 Å². The van der Waals surface area contributed by atoms with Crippen molar-refractivity contribution in [2.45, 2.75) is 12.7 Å². The Kier molecular flexibility index (Phi) is 7.11. The highest BCUT2D eigenvalue weighted by Gasteiger charge is 2.16. The van der Waals surface area contributed by atoms with Gasteiger partial charge < -0.3 is 14.8 Å². The summed E-state index contributed by atoms with van der Waals surface area (Å²) in [4.78, 5) is 23.6. The number of hydrogen-bond acceptors (Lipinski definition) is 4. The number of esters is 1. The molecule has 126 valence electrons. The van der Waals surface area contributed by atoms with Crippen molar-refractivity contribution in [3.05, 3.63) is 71.8 Å². The molecule has 24 heavy (non-hydrogen) atoms. The van der Waals surface area contributed by atoms with Gasteiger partial charge in [-0.2, -0.15) is 0 Å². The topological polar surface area (TPSA) is 64.6 Å². The molecule has 6 heteroatoms. The number of carbonyl (C=O) groups is 2. The molecule has 0 aromatic heterocycles. The largest absolute Gasteiger partial charge is 0.456 e. The number of rotatable bonds is 7. The molecule has 0 fully saturated rings. The van der Waals surface area contributed by atoms with Gasteiger partial charge in [-0.25, -0.2) is 9.59 Å². The van der Waals surface area contributed by atoms with Gasteiger partial charge in [0.2, 0.25) is 0 Å². The Morgan fingerprint density at radius 2 is 1.62 bits per heavy atom. The third-order valence-corrected chi connectivity index (χ3v) is 3.49. The molecule has 0 aliphatic carbocycles. The summed E-state index contributed by atoms with van der Waals surface area (Å²) in [5, 5.41) is 2.54. The van der Waals surface area contributed by atoms with Gasteiger partial charge in [0.25, 0.3) is 0 Å². The van der Waals surface area contributed by atoms with Crippen LogP contribution < -0.4 is 5.32 Å². The zero-order valence-electron chi connectivity index (χ0n) is 13.0. The van der Waals surface area contributed by atoms with Gasteiger partial charge in [-0.1, -0.05) is 48.5 Å². The van der Waals surface area contributed by atoms with E-state index in [1.165, 1.54) is 0 Å². The number of hydrogen-bond donors (Lipinski definition) is 1. The van der Waals surface area contributed by atoms with Crippen LogP contribution in [0, 0.1) is 0 Å². The molecule has 0 radical (unpaired) electrons. The molecule has 0 spiro atoms. The third-order valence-electron chi connectivity index (χ3n) is 3.14. The Morgan fingerprint density at radius 3 is 2.25 bits per heavy atom. The van der Waals surface area contributed by atoms with E-state index in [2.05, 4.69) is 5.32 Å². The second kappa shape index (κ2) is 9.57. The minimum Gasteiger partial charge on any atom is -0.456 e. The van der Waals surface area contributed by atoms with Crippen molar-refractivity contribution in [2.75, 3.05) is 12.4 Å². The quantitative estimate of drug-likeness (QED) is 0.616. The van der Waals surface area contributed by atoms with E-state index in [4.69, 9.17) is 21.1 Å². The summed E-state index contributed by atoms with van der Waals surface area (Å²) in [6.45, 7) is 0.248. The molecular formula is C18H18ClNO4. The highest BCUT2D eigenvalue weighted by atomic mass is 35.5. The molecule has 2 aromatic carbocycles. The van der Waals surface area contributed by atoms with Gasteiger partial charge in [-0.3, -0.25) is 0 Å². The summed E-state index contributed by atoms with van der Waals surface area (Å²) in [5.41, 5.74) is 1.32. The lowest BCUT2D eigenvalue weighted by molar-refractivity contribution is 0.0343. The molecule has 1 N–H and O–H groups in total. The number of alkyl halides is 1. The predicted molar refractivity (Wildman–Crippen MR) is 91.0 cm³/mol. The molecule has 2 rings (SSSR count). The molecule has 0 aliphatic rings. The maximum Gasteiger partial charge on any atom is 0.407 e. The van der Waals surface area contributed by atoms with E-state index in [1.807, 2.05) is 30.3 Å². The first kappa shape index (κ1) is 17.8. The van der Waals surface area contributed by atoms with E-state index in [-0.39, 0.29) is 19.0 Å². The summed E-state index contributed by atoms with van der Waals surface area (Å²) in [5.74, 6) is -0.418. The normalized spacial score (nSPS) is 11.4. The minimum absolute atomic E-state index is 0.0670. The molecule has 0 saturated carbocycles. The van der Waals surface area contributed by atoms with Crippen LogP contribution in [0.4, 0.5) is 4.79 Å². The third kappa shape index (κ3) is 5.93. The van der Waals surface area contributed by atoms with Crippen molar-refractivity contribution >= 4 is 23.7 Å². The molecule has 0 heterocycles. The van der Waals surface area contributed by atoms with Crippen molar-refractivity contribution in [3.63, 3.8) is 0 Å². The van der Waals surface area contributed by atoms with E-state index in [9.17, 15) is 9.59 Å². The fourth-order valence-corrected chi connectivity index (χ4v) is 2.06. The highest BCUT2D eigenvalue weighted by molar-refractivity contribution is 6.18. The van der Waals surface area contributed by atoms with E-state index in [1.54, 1.807) is 30.3 Å². The van der Waals surface area contributed by atoms with Crippen molar-refractivity contribution in [2.24, 2.45) is 0 Å². The monoisotopic (exact) mass is 347 g/mol. The maximum absolute atomic E-state index is 11.9. The lowest BCUT2D eigenvalue weighted by Crippen LogP contribution is -2.36. The Hall–Kier alpha value is -2.53. The Balaban J connectivity index is 1.74. The molecular weight excluding hydrogens is 330 g/mol. The van der Waals surface area contributed by atoms with Crippen LogP contribution in [0.3, 0.4) is 0 Å². The Labute approximate surface area is 145 Å². The number of nitrogens with one attached hydrogen (secondary N) is 1. The molecule has 1 unspecified atom stereocenters. The van der Waals surface area contributed by atoms with Gasteiger partial charge >= 0.3 is 12.1 Å². The number of ether oxygens (including phenoxy) is 2. The summed E-state index contributed by atoms with van der Waals surface area (Å²) < 4.78 is 10.3. The summed E-state index contributed by atoms with van der Waals surface area (Å²) in [6.07, 6.45) is -1.23. The van der Waals surface area contributed by atoms with E-state index >= 15 is 0 Å². The van der Waals surface area contributed by atoms with Gasteiger partial charge in [-0.05, 0) is 17.7 Å². The standard InChI is InChI=1S/C18H18ClNO4/c19-11-16(24-17(21)15-9-5-2-6-10-15)12-20-18(22)23-13-14-7-3-1-4-8-14/h1-10,16H,11-13H2,(H,20,22). The second-order valence-corrected chi connectivity index (χ2v) is 5.30. The zero-order chi connectivity index (χ0) is 17.2.